The average Bonchev–Trinajstić information content (AvgIpc) is 2.98. The normalized spacial score (nSPS) is 11.0. The molecule has 0 aliphatic rings. The van der Waals surface area contributed by atoms with Gasteiger partial charge in [0.1, 0.15) is 5.75 Å². The highest BCUT2D eigenvalue weighted by atomic mass is 16.3. The summed E-state index contributed by atoms with van der Waals surface area (Å²) in [5.41, 5.74) is 3.78. The molecule has 1 heterocycles. The van der Waals surface area contributed by atoms with E-state index >= 15 is 0 Å². The maximum atomic E-state index is 11.2. The number of aromatic nitrogens is 3. The van der Waals surface area contributed by atoms with Crippen LogP contribution in [0.5, 0.6) is 5.75 Å². The topological polar surface area (TPSA) is 68.0 Å². The average molecular weight is 305 g/mol. The predicted molar refractivity (Wildman–Crippen MR) is 88.5 cm³/mol. The standard InChI is InChI=1S/C18H15N3O2/c1-13-2-4-14(5-3-13)6-11-18-17(12-22)19-20-21(18)15-7-9-16(23)10-8-15/h2-12,23H,1H3/b11-6+. The Morgan fingerprint density at radius 2 is 1.70 bits per heavy atom. The number of aldehydes is 1. The Balaban J connectivity index is 2.00. The van der Waals surface area contributed by atoms with Crippen LogP contribution in [-0.4, -0.2) is 26.4 Å². The molecule has 23 heavy (non-hydrogen) atoms. The number of carbonyl (C=O) groups excluding carboxylic acids is 1. The fraction of sp³-hybridized carbons (Fsp3) is 0.0556. The maximum absolute atomic E-state index is 11.2. The van der Waals surface area contributed by atoms with Gasteiger partial charge >= 0.3 is 0 Å². The highest BCUT2D eigenvalue weighted by Gasteiger charge is 2.11. The van der Waals surface area contributed by atoms with Crippen LogP contribution in [0.4, 0.5) is 0 Å². The van der Waals surface area contributed by atoms with E-state index in [2.05, 4.69) is 10.3 Å². The second-order valence-electron chi connectivity index (χ2n) is 5.15. The first-order valence-corrected chi connectivity index (χ1v) is 7.12. The minimum atomic E-state index is 0.168. The third-order valence-electron chi connectivity index (χ3n) is 3.45. The van der Waals surface area contributed by atoms with Crippen molar-refractivity contribution in [2.75, 3.05) is 0 Å². The molecule has 2 aromatic carbocycles. The molecule has 114 valence electrons. The Labute approximate surface area is 133 Å². The fourth-order valence-electron chi connectivity index (χ4n) is 2.18. The number of carbonyl (C=O) groups is 1. The number of aromatic hydroxyl groups is 1. The van der Waals surface area contributed by atoms with Gasteiger partial charge in [0.25, 0.3) is 0 Å². The van der Waals surface area contributed by atoms with Gasteiger partial charge in [-0.1, -0.05) is 41.1 Å². The zero-order chi connectivity index (χ0) is 16.2. The van der Waals surface area contributed by atoms with Crippen LogP contribution in [0.2, 0.25) is 0 Å². The van der Waals surface area contributed by atoms with Crippen LogP contribution in [0.1, 0.15) is 27.3 Å². The molecule has 1 N–H and O–H groups in total. The summed E-state index contributed by atoms with van der Waals surface area (Å²) in [5, 5.41) is 17.3. The van der Waals surface area contributed by atoms with Gasteiger partial charge in [-0.2, -0.15) is 0 Å². The number of benzene rings is 2. The van der Waals surface area contributed by atoms with Gasteiger partial charge in [0.2, 0.25) is 0 Å². The number of phenolic OH excluding ortho intramolecular Hbond substituents is 1. The molecule has 3 aromatic rings. The van der Waals surface area contributed by atoms with E-state index in [0.29, 0.717) is 17.7 Å². The summed E-state index contributed by atoms with van der Waals surface area (Å²) in [4.78, 5) is 11.2. The van der Waals surface area contributed by atoms with Crippen LogP contribution in [0.3, 0.4) is 0 Å². The fourth-order valence-corrected chi connectivity index (χ4v) is 2.18. The number of phenols is 1. The number of hydrogen-bond acceptors (Lipinski definition) is 4. The molecule has 0 bridgehead atoms. The summed E-state index contributed by atoms with van der Waals surface area (Å²) < 4.78 is 1.56. The largest absolute Gasteiger partial charge is 0.508 e. The lowest BCUT2D eigenvalue weighted by Crippen LogP contribution is -1.99. The second-order valence-corrected chi connectivity index (χ2v) is 5.15. The van der Waals surface area contributed by atoms with Gasteiger partial charge in [-0.3, -0.25) is 4.79 Å². The maximum Gasteiger partial charge on any atom is 0.172 e. The van der Waals surface area contributed by atoms with Crippen LogP contribution in [0, 0.1) is 6.92 Å². The van der Waals surface area contributed by atoms with Crippen molar-refractivity contribution >= 4 is 18.4 Å². The molecule has 0 unspecified atom stereocenters. The second kappa shape index (κ2) is 6.27. The molecule has 0 fully saturated rings. The van der Waals surface area contributed by atoms with E-state index in [1.807, 2.05) is 37.3 Å². The quantitative estimate of drug-likeness (QED) is 0.751. The molecule has 3 rings (SSSR count). The van der Waals surface area contributed by atoms with E-state index in [0.717, 1.165) is 5.56 Å². The van der Waals surface area contributed by atoms with Crippen molar-refractivity contribution < 1.29 is 9.90 Å². The summed E-state index contributed by atoms with van der Waals surface area (Å²) in [6.45, 7) is 2.03. The smallest absolute Gasteiger partial charge is 0.172 e. The first kappa shape index (κ1) is 14.7. The first-order valence-electron chi connectivity index (χ1n) is 7.12. The minimum absolute atomic E-state index is 0.168. The van der Waals surface area contributed by atoms with Gasteiger partial charge in [-0.25, -0.2) is 4.68 Å². The highest BCUT2D eigenvalue weighted by Crippen LogP contribution is 2.18. The lowest BCUT2D eigenvalue weighted by molar-refractivity contribution is 0.111. The minimum Gasteiger partial charge on any atom is -0.508 e. The zero-order valence-electron chi connectivity index (χ0n) is 12.5. The van der Waals surface area contributed by atoms with Crippen molar-refractivity contribution in [2.45, 2.75) is 6.92 Å². The van der Waals surface area contributed by atoms with Gasteiger partial charge in [-0.15, -0.1) is 5.10 Å². The Bertz CT molecular complexity index is 847. The van der Waals surface area contributed by atoms with Crippen LogP contribution in [0.25, 0.3) is 17.8 Å². The molecular weight excluding hydrogens is 290 g/mol. The lowest BCUT2D eigenvalue weighted by Gasteiger charge is -2.03. The zero-order valence-corrected chi connectivity index (χ0v) is 12.5. The van der Waals surface area contributed by atoms with Gasteiger partial charge in [0.15, 0.2) is 12.0 Å². The van der Waals surface area contributed by atoms with E-state index in [1.54, 1.807) is 35.0 Å². The summed E-state index contributed by atoms with van der Waals surface area (Å²) in [6, 6.07) is 14.6. The van der Waals surface area contributed by atoms with Crippen molar-refractivity contribution in [3.05, 3.63) is 71.0 Å². The molecule has 0 radical (unpaired) electrons. The number of nitrogens with zero attached hydrogens (tertiary/aromatic N) is 3. The number of rotatable bonds is 4. The van der Waals surface area contributed by atoms with Gasteiger partial charge < -0.3 is 5.11 Å². The lowest BCUT2D eigenvalue weighted by atomic mass is 10.1. The third-order valence-corrected chi connectivity index (χ3v) is 3.45. The molecule has 5 nitrogen and oxygen atoms in total. The van der Waals surface area contributed by atoms with Crippen molar-refractivity contribution in [3.8, 4) is 11.4 Å². The molecular formula is C18H15N3O2. The van der Waals surface area contributed by atoms with E-state index in [1.165, 1.54) is 5.56 Å². The summed E-state index contributed by atoms with van der Waals surface area (Å²) in [6.07, 6.45) is 4.39. The molecule has 0 amide bonds. The summed E-state index contributed by atoms with van der Waals surface area (Å²) in [5.74, 6) is 0.168. The molecule has 0 saturated heterocycles. The Morgan fingerprint density at radius 1 is 1.00 bits per heavy atom. The number of aryl methyl sites for hydroxylation is 1. The van der Waals surface area contributed by atoms with Crippen LogP contribution in [-0.2, 0) is 0 Å². The van der Waals surface area contributed by atoms with Crippen molar-refractivity contribution in [1.29, 1.82) is 0 Å². The molecule has 0 atom stereocenters. The van der Waals surface area contributed by atoms with Crippen molar-refractivity contribution in [1.82, 2.24) is 15.0 Å². The monoisotopic (exact) mass is 305 g/mol. The predicted octanol–water partition coefficient (Wildman–Crippen LogP) is 3.26. The highest BCUT2D eigenvalue weighted by molar-refractivity contribution is 5.81. The summed E-state index contributed by atoms with van der Waals surface area (Å²) >= 11 is 0. The Morgan fingerprint density at radius 3 is 2.35 bits per heavy atom. The van der Waals surface area contributed by atoms with Gasteiger partial charge in [0.05, 0.1) is 11.4 Å². The van der Waals surface area contributed by atoms with Crippen LogP contribution < -0.4 is 0 Å². The molecule has 0 saturated carbocycles. The van der Waals surface area contributed by atoms with Crippen molar-refractivity contribution in [3.63, 3.8) is 0 Å². The Kier molecular flexibility index (Phi) is 4.01. The molecule has 0 aliphatic carbocycles. The summed E-state index contributed by atoms with van der Waals surface area (Å²) in [7, 11) is 0. The molecule has 0 spiro atoms. The third kappa shape index (κ3) is 3.18. The Hall–Kier alpha value is -3.21. The van der Waals surface area contributed by atoms with E-state index in [4.69, 9.17) is 0 Å². The van der Waals surface area contributed by atoms with Crippen LogP contribution in [0.15, 0.2) is 48.5 Å². The van der Waals surface area contributed by atoms with E-state index in [9.17, 15) is 9.90 Å². The van der Waals surface area contributed by atoms with Gasteiger partial charge in [0, 0.05) is 0 Å². The SMILES string of the molecule is Cc1ccc(/C=C/c2c(C=O)nnn2-c2ccc(O)cc2)cc1. The van der Waals surface area contributed by atoms with Crippen LogP contribution >= 0.6 is 0 Å². The van der Waals surface area contributed by atoms with Gasteiger partial charge in [-0.05, 0) is 42.8 Å². The van der Waals surface area contributed by atoms with E-state index < -0.39 is 0 Å². The first-order chi connectivity index (χ1) is 11.2. The molecule has 5 heteroatoms. The van der Waals surface area contributed by atoms with E-state index in [-0.39, 0.29) is 11.4 Å². The molecule has 1 aromatic heterocycles. The number of hydrogen-bond donors (Lipinski definition) is 1. The van der Waals surface area contributed by atoms with Crippen molar-refractivity contribution in [2.24, 2.45) is 0 Å². The molecule has 0 aliphatic heterocycles.